The Morgan fingerprint density at radius 2 is 2.32 bits per heavy atom. The third-order valence-electron chi connectivity index (χ3n) is 2.48. The zero-order chi connectivity index (χ0) is 13.8. The molecule has 0 atom stereocenters. The van der Waals surface area contributed by atoms with E-state index in [0.717, 1.165) is 15.4 Å². The van der Waals surface area contributed by atoms with E-state index in [1.807, 2.05) is 18.2 Å². The Morgan fingerprint density at radius 1 is 1.53 bits per heavy atom. The summed E-state index contributed by atoms with van der Waals surface area (Å²) in [6.45, 7) is 2.10. The lowest BCUT2D eigenvalue weighted by Gasteiger charge is -2.04. The summed E-state index contributed by atoms with van der Waals surface area (Å²) in [6.07, 6.45) is 4.58. The van der Waals surface area contributed by atoms with Crippen LogP contribution in [-0.4, -0.2) is 17.6 Å². The second-order valence-electron chi connectivity index (χ2n) is 3.77. The lowest BCUT2D eigenvalue weighted by atomic mass is 10.1. The van der Waals surface area contributed by atoms with E-state index >= 15 is 0 Å². The van der Waals surface area contributed by atoms with E-state index in [1.165, 1.54) is 6.08 Å². The van der Waals surface area contributed by atoms with Crippen molar-refractivity contribution in [3.63, 3.8) is 0 Å². The van der Waals surface area contributed by atoms with Crippen molar-refractivity contribution in [1.29, 1.82) is 0 Å². The van der Waals surface area contributed by atoms with E-state index < -0.39 is 5.97 Å². The third kappa shape index (κ3) is 3.33. The Balaban J connectivity index is 2.39. The number of ether oxygens (including phenoxy) is 1. The van der Waals surface area contributed by atoms with Crippen LogP contribution in [0.2, 0.25) is 5.02 Å². The number of pyridine rings is 1. The fourth-order valence-electron chi connectivity index (χ4n) is 1.61. The van der Waals surface area contributed by atoms with E-state index in [0.29, 0.717) is 17.2 Å². The van der Waals surface area contributed by atoms with Crippen LogP contribution in [0, 0.1) is 0 Å². The summed E-state index contributed by atoms with van der Waals surface area (Å²) in [5, 5.41) is 1.40. The monoisotopic (exact) mass is 339 g/mol. The molecule has 0 saturated heterocycles. The number of nitrogens with zero attached hydrogens (tertiary/aromatic N) is 1. The van der Waals surface area contributed by atoms with Gasteiger partial charge in [0.05, 0.1) is 17.1 Å². The summed E-state index contributed by atoms with van der Waals surface area (Å²) >= 11 is 9.71. The molecule has 0 spiro atoms. The van der Waals surface area contributed by atoms with Crippen LogP contribution in [0.15, 0.2) is 34.9 Å². The SMILES string of the molecule is CCOC(=O)/C=C/c1cnc2ccc(Br)cc2c1Cl. The standard InChI is InChI=1S/C14H11BrClNO2/c1-2-19-13(18)6-3-9-8-17-12-5-4-10(15)7-11(12)14(9)16/h3-8H,2H2,1H3/b6-3+. The average molecular weight is 341 g/mol. The van der Waals surface area contributed by atoms with Gasteiger partial charge in [-0.3, -0.25) is 4.98 Å². The third-order valence-corrected chi connectivity index (χ3v) is 3.39. The van der Waals surface area contributed by atoms with Crippen molar-refractivity contribution in [3.8, 4) is 0 Å². The molecule has 5 heteroatoms. The number of hydrogen-bond acceptors (Lipinski definition) is 3. The number of hydrogen-bond donors (Lipinski definition) is 0. The smallest absolute Gasteiger partial charge is 0.330 e. The highest BCUT2D eigenvalue weighted by Crippen LogP contribution is 2.28. The highest BCUT2D eigenvalue weighted by atomic mass is 79.9. The van der Waals surface area contributed by atoms with Crippen molar-refractivity contribution in [2.45, 2.75) is 6.92 Å². The number of esters is 1. The van der Waals surface area contributed by atoms with Gasteiger partial charge in [0.2, 0.25) is 0 Å². The molecule has 2 rings (SSSR count). The van der Waals surface area contributed by atoms with Crippen LogP contribution < -0.4 is 0 Å². The maximum absolute atomic E-state index is 11.3. The van der Waals surface area contributed by atoms with Gasteiger partial charge < -0.3 is 4.74 Å². The molecule has 0 saturated carbocycles. The van der Waals surface area contributed by atoms with Gasteiger partial charge in [0.1, 0.15) is 0 Å². The van der Waals surface area contributed by atoms with E-state index in [-0.39, 0.29) is 0 Å². The molecule has 0 unspecified atom stereocenters. The van der Waals surface area contributed by atoms with E-state index in [1.54, 1.807) is 19.2 Å². The Kier molecular flexibility index (Phi) is 4.56. The quantitative estimate of drug-likeness (QED) is 0.620. The molecule has 0 fully saturated rings. The van der Waals surface area contributed by atoms with Gasteiger partial charge in [0, 0.05) is 27.7 Å². The van der Waals surface area contributed by atoms with Crippen molar-refractivity contribution < 1.29 is 9.53 Å². The van der Waals surface area contributed by atoms with Crippen molar-refractivity contribution in [1.82, 2.24) is 4.98 Å². The normalized spacial score (nSPS) is 11.1. The number of rotatable bonds is 3. The largest absolute Gasteiger partial charge is 0.463 e. The number of fused-ring (bicyclic) bond motifs is 1. The number of carbonyl (C=O) groups excluding carboxylic acids is 1. The van der Waals surface area contributed by atoms with Crippen molar-refractivity contribution in [3.05, 3.63) is 45.5 Å². The minimum atomic E-state index is -0.395. The maximum Gasteiger partial charge on any atom is 0.330 e. The first kappa shape index (κ1) is 14.0. The predicted octanol–water partition coefficient (Wildman–Crippen LogP) is 4.23. The molecule has 0 radical (unpaired) electrons. The average Bonchev–Trinajstić information content (AvgIpc) is 2.39. The van der Waals surface area contributed by atoms with Crippen LogP contribution in [0.25, 0.3) is 17.0 Å². The minimum Gasteiger partial charge on any atom is -0.463 e. The number of carbonyl (C=O) groups is 1. The molecular formula is C14H11BrClNO2. The van der Waals surface area contributed by atoms with Gasteiger partial charge in [-0.1, -0.05) is 27.5 Å². The number of halogens is 2. The molecule has 98 valence electrons. The van der Waals surface area contributed by atoms with Gasteiger partial charge in [-0.25, -0.2) is 4.79 Å². The van der Waals surface area contributed by atoms with Gasteiger partial charge in [-0.15, -0.1) is 0 Å². The minimum absolute atomic E-state index is 0.347. The Morgan fingerprint density at radius 3 is 3.05 bits per heavy atom. The summed E-state index contributed by atoms with van der Waals surface area (Å²) < 4.78 is 5.74. The zero-order valence-electron chi connectivity index (χ0n) is 10.2. The molecule has 0 aliphatic rings. The highest BCUT2D eigenvalue weighted by molar-refractivity contribution is 9.10. The summed E-state index contributed by atoms with van der Waals surface area (Å²) in [5.74, 6) is -0.395. The fourth-order valence-corrected chi connectivity index (χ4v) is 2.24. The lowest BCUT2D eigenvalue weighted by molar-refractivity contribution is -0.137. The molecule has 0 aliphatic heterocycles. The molecule has 0 N–H and O–H groups in total. The fraction of sp³-hybridized carbons (Fsp3) is 0.143. The highest BCUT2D eigenvalue weighted by Gasteiger charge is 2.06. The maximum atomic E-state index is 11.3. The van der Waals surface area contributed by atoms with Crippen LogP contribution in [0.4, 0.5) is 0 Å². The molecule has 2 aromatic rings. The molecule has 1 aromatic heterocycles. The van der Waals surface area contributed by atoms with Crippen LogP contribution in [0.3, 0.4) is 0 Å². The van der Waals surface area contributed by atoms with E-state index in [2.05, 4.69) is 20.9 Å². The molecule has 1 aromatic carbocycles. The predicted molar refractivity (Wildman–Crippen MR) is 80.1 cm³/mol. The first-order valence-electron chi connectivity index (χ1n) is 5.70. The Hall–Kier alpha value is -1.39. The van der Waals surface area contributed by atoms with Gasteiger partial charge in [0.15, 0.2) is 0 Å². The van der Waals surface area contributed by atoms with Crippen molar-refractivity contribution in [2.24, 2.45) is 0 Å². The van der Waals surface area contributed by atoms with Crippen LogP contribution in [0.5, 0.6) is 0 Å². The summed E-state index contributed by atoms with van der Waals surface area (Å²) in [7, 11) is 0. The Labute approximate surface area is 124 Å². The molecule has 0 amide bonds. The van der Waals surface area contributed by atoms with Crippen molar-refractivity contribution in [2.75, 3.05) is 6.61 Å². The molecule has 1 heterocycles. The van der Waals surface area contributed by atoms with Crippen LogP contribution in [0.1, 0.15) is 12.5 Å². The second kappa shape index (κ2) is 6.17. The zero-order valence-corrected chi connectivity index (χ0v) is 12.5. The van der Waals surface area contributed by atoms with Crippen LogP contribution in [-0.2, 0) is 9.53 Å². The summed E-state index contributed by atoms with van der Waals surface area (Å²) in [4.78, 5) is 15.6. The molecule has 19 heavy (non-hydrogen) atoms. The first-order chi connectivity index (χ1) is 9.11. The molecule has 0 aliphatic carbocycles. The number of benzene rings is 1. The Bertz CT molecular complexity index is 655. The van der Waals surface area contributed by atoms with Gasteiger partial charge in [-0.2, -0.15) is 0 Å². The first-order valence-corrected chi connectivity index (χ1v) is 6.87. The van der Waals surface area contributed by atoms with Crippen LogP contribution >= 0.6 is 27.5 Å². The van der Waals surface area contributed by atoms with Gasteiger partial charge in [-0.05, 0) is 31.2 Å². The van der Waals surface area contributed by atoms with Gasteiger partial charge in [0.25, 0.3) is 0 Å². The molecule has 3 nitrogen and oxygen atoms in total. The summed E-state index contributed by atoms with van der Waals surface area (Å²) in [5.41, 5.74) is 1.49. The molecular weight excluding hydrogens is 330 g/mol. The van der Waals surface area contributed by atoms with E-state index in [9.17, 15) is 4.79 Å². The molecule has 0 bridgehead atoms. The van der Waals surface area contributed by atoms with Crippen molar-refractivity contribution >= 4 is 50.5 Å². The summed E-state index contributed by atoms with van der Waals surface area (Å²) in [6, 6.07) is 5.68. The van der Waals surface area contributed by atoms with E-state index in [4.69, 9.17) is 16.3 Å². The lowest BCUT2D eigenvalue weighted by Crippen LogP contribution is -1.98. The van der Waals surface area contributed by atoms with Gasteiger partial charge >= 0.3 is 5.97 Å². The number of aromatic nitrogens is 1. The topological polar surface area (TPSA) is 39.2 Å². The second-order valence-corrected chi connectivity index (χ2v) is 5.07.